The first-order valence-corrected chi connectivity index (χ1v) is 6.80. The minimum Gasteiger partial charge on any atom is -0.748 e. The van der Waals surface area contributed by atoms with Gasteiger partial charge in [-0.05, 0) is 17.7 Å². The summed E-state index contributed by atoms with van der Waals surface area (Å²) in [6.07, 6.45) is 0. The second-order valence-electron chi connectivity index (χ2n) is 3.89. The van der Waals surface area contributed by atoms with Crippen molar-refractivity contribution in [1.29, 1.82) is 0 Å². The molecule has 0 bridgehead atoms. The minimum absolute atomic E-state index is 0. The summed E-state index contributed by atoms with van der Waals surface area (Å²) in [5, 5.41) is 0. The van der Waals surface area contributed by atoms with Crippen molar-refractivity contribution in [2.45, 2.75) is 0 Å². The molecule has 2 heteroatoms. The largest absolute Gasteiger partial charge is 0.748 e. The molecule has 20 heavy (non-hydrogen) atoms. The summed E-state index contributed by atoms with van der Waals surface area (Å²) >= 11 is 3.39. The van der Waals surface area contributed by atoms with E-state index in [0.29, 0.717) is 0 Å². The van der Waals surface area contributed by atoms with Gasteiger partial charge in [-0.25, -0.2) is 0 Å². The Labute approximate surface area is 139 Å². The summed E-state index contributed by atoms with van der Waals surface area (Å²) in [6.45, 7) is 0. The van der Waals surface area contributed by atoms with E-state index in [2.05, 4.69) is 27.8 Å². The van der Waals surface area contributed by atoms with Crippen LogP contribution in [-0.4, -0.2) is 0 Å². The van der Waals surface area contributed by atoms with Crippen molar-refractivity contribution in [1.82, 2.24) is 0 Å². The average Bonchev–Trinajstić information content (AvgIpc) is 3.14. The third-order valence-electron chi connectivity index (χ3n) is 2.41. The van der Waals surface area contributed by atoms with Gasteiger partial charge in [0.25, 0.3) is 0 Å². The Morgan fingerprint density at radius 2 is 1.35 bits per heavy atom. The molecule has 0 nitrogen and oxygen atoms in total. The van der Waals surface area contributed by atoms with Crippen LogP contribution in [0.4, 0.5) is 0 Å². The van der Waals surface area contributed by atoms with E-state index in [1.807, 2.05) is 78.9 Å². The molecule has 0 atom stereocenters. The summed E-state index contributed by atoms with van der Waals surface area (Å²) in [5.41, 5.74) is 2.10. The Bertz CT molecular complexity index is 606. The summed E-state index contributed by atoms with van der Waals surface area (Å²) in [4.78, 5) is 0. The molecule has 3 aromatic rings. The quantitative estimate of drug-likeness (QED) is 0.300. The molecule has 0 fully saturated rings. The van der Waals surface area contributed by atoms with E-state index < -0.39 is 0 Å². The van der Waals surface area contributed by atoms with Crippen LogP contribution < -0.4 is 0 Å². The van der Waals surface area contributed by atoms with E-state index in [1.54, 1.807) is 0 Å². The van der Waals surface area contributed by atoms with Crippen LogP contribution in [0.5, 0.6) is 0 Å². The first kappa shape index (κ1) is 16.5. The summed E-state index contributed by atoms with van der Waals surface area (Å²) < 4.78 is 1.08. The zero-order valence-corrected chi connectivity index (χ0v) is 13.4. The molecule has 0 amide bonds. The van der Waals surface area contributed by atoms with Gasteiger partial charge < -0.3 is 30.3 Å². The third-order valence-corrected chi connectivity index (χ3v) is 2.94. The van der Waals surface area contributed by atoms with E-state index >= 15 is 0 Å². The fraction of sp³-hybridized carbons (Fsp3) is 0. The molecule has 106 valence electrons. The Hall–Kier alpha value is -1.52. The molecular formula is C18H13BrFe-6. The first-order chi connectivity index (χ1) is 9.34. The number of hydrogen-bond acceptors (Lipinski definition) is 0. The maximum atomic E-state index is 3.39. The van der Waals surface area contributed by atoms with Gasteiger partial charge in [0.05, 0.1) is 0 Å². The van der Waals surface area contributed by atoms with Gasteiger partial charge >= 0.3 is 0 Å². The predicted molar refractivity (Wildman–Crippen MR) is 84.2 cm³/mol. The number of halogens is 1. The second-order valence-corrected chi connectivity index (χ2v) is 4.81. The van der Waals surface area contributed by atoms with Gasteiger partial charge in [0.1, 0.15) is 0 Å². The van der Waals surface area contributed by atoms with Gasteiger partial charge in [-0.3, -0.25) is 0 Å². The fourth-order valence-corrected chi connectivity index (χ4v) is 1.72. The summed E-state index contributed by atoms with van der Waals surface area (Å²) in [6, 6.07) is 26.0. The fourth-order valence-electron chi connectivity index (χ4n) is 1.46. The smallest absolute Gasteiger partial charge is 0.0175 e. The van der Waals surface area contributed by atoms with Crippen molar-refractivity contribution in [2.24, 2.45) is 0 Å². The van der Waals surface area contributed by atoms with Crippen molar-refractivity contribution >= 4 is 15.9 Å². The van der Waals surface area contributed by atoms with Gasteiger partial charge in [-0.15, -0.1) is 12.1 Å². The van der Waals surface area contributed by atoms with Crippen LogP contribution in [0, 0.1) is 11.8 Å². The molecule has 0 aromatic heterocycles. The van der Waals surface area contributed by atoms with Gasteiger partial charge in [-0.2, -0.15) is 24.0 Å². The van der Waals surface area contributed by atoms with Crippen LogP contribution in [-0.2, 0) is 17.1 Å². The third kappa shape index (κ3) is 6.08. The van der Waals surface area contributed by atoms with Gasteiger partial charge in [0.15, 0.2) is 0 Å². The molecular weight excluding hydrogens is 352 g/mol. The molecule has 0 spiro atoms. The summed E-state index contributed by atoms with van der Waals surface area (Å²) in [7, 11) is 0. The molecule has 0 aliphatic rings. The van der Waals surface area contributed by atoms with Crippen molar-refractivity contribution in [2.75, 3.05) is 0 Å². The molecule has 0 aliphatic carbocycles. The van der Waals surface area contributed by atoms with Crippen LogP contribution in [0.25, 0.3) is 0 Å². The van der Waals surface area contributed by atoms with E-state index in [4.69, 9.17) is 0 Å². The molecule has 3 aromatic carbocycles. The predicted octanol–water partition coefficient (Wildman–Crippen LogP) is 4.97. The topological polar surface area (TPSA) is 0 Å². The summed E-state index contributed by atoms with van der Waals surface area (Å²) in [5.74, 6) is 6.20. The van der Waals surface area contributed by atoms with Gasteiger partial charge in [-0.1, -0.05) is 33.6 Å². The minimum atomic E-state index is 0. The Kier molecular flexibility index (Phi) is 7.77. The SMILES string of the molecule is Brc1ccc(C#C[c-]2cccc2)cc1.[Fe].[cH-]1[cH-][cH-][cH-][cH-]1. The van der Waals surface area contributed by atoms with Crippen molar-refractivity contribution in [3.8, 4) is 11.8 Å². The zero-order valence-electron chi connectivity index (χ0n) is 10.7. The van der Waals surface area contributed by atoms with E-state index in [1.165, 1.54) is 0 Å². The first-order valence-electron chi connectivity index (χ1n) is 6.00. The average molecular weight is 365 g/mol. The van der Waals surface area contributed by atoms with Crippen LogP contribution in [0.3, 0.4) is 0 Å². The normalized spacial score (nSPS) is 8.45. The Morgan fingerprint density at radius 1 is 0.850 bits per heavy atom. The van der Waals surface area contributed by atoms with Crippen molar-refractivity contribution in [3.63, 3.8) is 0 Å². The van der Waals surface area contributed by atoms with Gasteiger partial charge in [0, 0.05) is 21.5 Å². The Balaban J connectivity index is 0.000000283. The molecule has 0 aliphatic heterocycles. The number of benzene rings is 1. The molecule has 0 N–H and O–H groups in total. The van der Waals surface area contributed by atoms with Crippen molar-refractivity contribution < 1.29 is 17.1 Å². The number of hydrogen-bond donors (Lipinski definition) is 0. The van der Waals surface area contributed by atoms with E-state index in [9.17, 15) is 0 Å². The zero-order chi connectivity index (χ0) is 13.3. The molecule has 0 saturated heterocycles. The standard InChI is InChI=1S/C13H8Br.C5H5.Fe/c14-13-9-7-12(8-10-13)6-5-11-3-1-2-4-11;1-2-4-5-3-1;/h1-4,7-10H;1-5H;/q-1;-5;. The van der Waals surface area contributed by atoms with Crippen molar-refractivity contribution in [3.05, 3.63) is 94.5 Å². The molecule has 0 radical (unpaired) electrons. The van der Waals surface area contributed by atoms with Crippen LogP contribution in [0.2, 0.25) is 0 Å². The molecule has 0 unspecified atom stereocenters. The monoisotopic (exact) mass is 364 g/mol. The van der Waals surface area contributed by atoms with Crippen LogP contribution in [0.1, 0.15) is 11.1 Å². The molecule has 3 rings (SSSR count). The van der Waals surface area contributed by atoms with Gasteiger partial charge in [0.2, 0.25) is 0 Å². The van der Waals surface area contributed by atoms with Crippen LogP contribution in [0.15, 0.2) is 83.3 Å². The Morgan fingerprint density at radius 3 is 1.85 bits per heavy atom. The maximum Gasteiger partial charge on any atom is 0.0175 e. The maximum absolute atomic E-state index is 3.39. The molecule has 0 heterocycles. The second kappa shape index (κ2) is 9.39. The van der Waals surface area contributed by atoms with E-state index in [-0.39, 0.29) is 17.1 Å². The van der Waals surface area contributed by atoms with E-state index in [0.717, 1.165) is 15.6 Å². The number of rotatable bonds is 0. The molecule has 0 saturated carbocycles. The van der Waals surface area contributed by atoms with Crippen LogP contribution >= 0.6 is 15.9 Å².